The van der Waals surface area contributed by atoms with Crippen molar-refractivity contribution in [3.8, 4) is 0 Å². The molecular weight excluding hydrogens is 128 g/mol. The third kappa shape index (κ3) is 2.78. The summed E-state index contributed by atoms with van der Waals surface area (Å²) in [6, 6.07) is 0. The third-order valence-corrected chi connectivity index (χ3v) is 1.01. The summed E-state index contributed by atoms with van der Waals surface area (Å²) in [5.74, 6) is 0. The number of rotatable bonds is 0. The van der Waals surface area contributed by atoms with E-state index in [1.54, 1.807) is 0 Å². The molecule has 0 bridgehead atoms. The van der Waals surface area contributed by atoms with Gasteiger partial charge in [-0.15, -0.1) is 12.8 Å². The van der Waals surface area contributed by atoms with E-state index in [9.17, 15) is 0 Å². The molecule has 0 aromatic carbocycles. The Morgan fingerprint density at radius 2 is 2.29 bits per heavy atom. The molecular formula is C6H9Fe-. The number of hydrogen-bond acceptors (Lipinski definition) is 0. The SMILES string of the molecule is C1=CCCC[CH-]1.[Fe]. The average Bonchev–Trinajstić information content (AvgIpc) is 1.72. The van der Waals surface area contributed by atoms with Crippen molar-refractivity contribution in [2.24, 2.45) is 0 Å². The molecule has 0 fully saturated rings. The summed E-state index contributed by atoms with van der Waals surface area (Å²) in [5.41, 5.74) is 0. The zero-order valence-corrected chi connectivity index (χ0v) is 5.31. The fourth-order valence-electron chi connectivity index (χ4n) is 0.642. The third-order valence-electron chi connectivity index (χ3n) is 1.01. The van der Waals surface area contributed by atoms with Gasteiger partial charge in [-0.2, -0.15) is 0 Å². The molecule has 7 heavy (non-hydrogen) atoms. The van der Waals surface area contributed by atoms with E-state index in [-0.39, 0.29) is 17.1 Å². The second kappa shape index (κ2) is 4.29. The van der Waals surface area contributed by atoms with Crippen LogP contribution >= 0.6 is 0 Å². The molecule has 0 heterocycles. The molecule has 0 spiro atoms. The van der Waals surface area contributed by atoms with Crippen LogP contribution in [0.5, 0.6) is 0 Å². The molecule has 0 N–H and O–H groups in total. The van der Waals surface area contributed by atoms with Crippen LogP contribution in [0.15, 0.2) is 12.2 Å². The van der Waals surface area contributed by atoms with Gasteiger partial charge in [-0.3, -0.25) is 0 Å². The van der Waals surface area contributed by atoms with E-state index in [1.165, 1.54) is 19.3 Å². The molecule has 1 rings (SSSR count). The van der Waals surface area contributed by atoms with Crippen molar-refractivity contribution >= 4 is 0 Å². The van der Waals surface area contributed by atoms with Crippen LogP contribution in [0.3, 0.4) is 0 Å². The minimum absolute atomic E-state index is 0. The van der Waals surface area contributed by atoms with Crippen LogP contribution in [0, 0.1) is 6.42 Å². The van der Waals surface area contributed by atoms with Gasteiger partial charge >= 0.3 is 0 Å². The van der Waals surface area contributed by atoms with Crippen LogP contribution in [-0.4, -0.2) is 0 Å². The van der Waals surface area contributed by atoms with Gasteiger partial charge in [0.15, 0.2) is 0 Å². The first-order chi connectivity index (χ1) is 3.00. The van der Waals surface area contributed by atoms with Crippen LogP contribution in [0.4, 0.5) is 0 Å². The maximum absolute atomic E-state index is 2.21. The molecule has 0 amide bonds. The van der Waals surface area contributed by atoms with E-state index in [0.717, 1.165) is 0 Å². The molecule has 1 aliphatic rings. The van der Waals surface area contributed by atoms with E-state index < -0.39 is 0 Å². The van der Waals surface area contributed by atoms with Crippen molar-refractivity contribution < 1.29 is 17.1 Å². The van der Waals surface area contributed by atoms with Crippen molar-refractivity contribution in [2.45, 2.75) is 19.3 Å². The van der Waals surface area contributed by atoms with Crippen LogP contribution < -0.4 is 0 Å². The van der Waals surface area contributed by atoms with Gasteiger partial charge in [0.1, 0.15) is 0 Å². The first kappa shape index (κ1) is 7.13. The van der Waals surface area contributed by atoms with Crippen molar-refractivity contribution in [3.05, 3.63) is 18.6 Å². The molecule has 42 valence electrons. The Balaban J connectivity index is 0.000000360. The maximum atomic E-state index is 2.21. The van der Waals surface area contributed by atoms with Crippen molar-refractivity contribution in [1.29, 1.82) is 0 Å². The smallest absolute Gasteiger partial charge is 0 e. The summed E-state index contributed by atoms with van der Waals surface area (Å²) in [6.07, 6.45) is 10.5. The summed E-state index contributed by atoms with van der Waals surface area (Å²) in [6.45, 7) is 0. The average molecular weight is 137 g/mol. The van der Waals surface area contributed by atoms with Crippen LogP contribution in [0.2, 0.25) is 0 Å². The molecule has 0 nitrogen and oxygen atoms in total. The maximum Gasteiger partial charge on any atom is 0 e. The second-order valence-corrected chi connectivity index (χ2v) is 1.59. The van der Waals surface area contributed by atoms with Gasteiger partial charge in [0.2, 0.25) is 0 Å². The molecule has 0 unspecified atom stereocenters. The molecule has 0 saturated carbocycles. The molecule has 0 aromatic heterocycles. The fraction of sp³-hybridized carbons (Fsp3) is 0.500. The Labute approximate surface area is 55.5 Å². The molecule has 0 aromatic rings. The van der Waals surface area contributed by atoms with Gasteiger partial charge in [-0.1, -0.05) is 6.42 Å². The van der Waals surface area contributed by atoms with Gasteiger partial charge in [0.05, 0.1) is 0 Å². The van der Waals surface area contributed by atoms with Gasteiger partial charge in [-0.25, -0.2) is 18.6 Å². The fourth-order valence-corrected chi connectivity index (χ4v) is 0.642. The molecule has 0 aliphatic heterocycles. The summed E-state index contributed by atoms with van der Waals surface area (Å²) >= 11 is 0. The Bertz CT molecular complexity index is 49.2. The Morgan fingerprint density at radius 1 is 1.43 bits per heavy atom. The first-order valence-corrected chi connectivity index (χ1v) is 2.48. The predicted molar refractivity (Wildman–Crippen MR) is 27.3 cm³/mol. The van der Waals surface area contributed by atoms with E-state index >= 15 is 0 Å². The zero-order valence-electron chi connectivity index (χ0n) is 4.21. The predicted octanol–water partition coefficient (Wildman–Crippen LogP) is 1.93. The Morgan fingerprint density at radius 3 is 2.43 bits per heavy atom. The van der Waals surface area contributed by atoms with E-state index in [4.69, 9.17) is 0 Å². The standard InChI is InChI=1S/C6H9.Fe/c1-2-4-6-5-3-1;/h1-3H,4-6H2;/q-1;. The van der Waals surface area contributed by atoms with E-state index in [1.807, 2.05) is 0 Å². The normalized spacial score (nSPS) is 17.1. The minimum atomic E-state index is 0. The van der Waals surface area contributed by atoms with Crippen LogP contribution in [0.25, 0.3) is 0 Å². The molecule has 0 radical (unpaired) electrons. The molecule has 0 saturated heterocycles. The van der Waals surface area contributed by atoms with Crippen molar-refractivity contribution in [2.75, 3.05) is 0 Å². The zero-order chi connectivity index (χ0) is 4.24. The molecule has 0 atom stereocenters. The van der Waals surface area contributed by atoms with Crippen LogP contribution in [0.1, 0.15) is 19.3 Å². The van der Waals surface area contributed by atoms with Crippen molar-refractivity contribution in [3.63, 3.8) is 0 Å². The van der Waals surface area contributed by atoms with E-state index in [0.29, 0.717) is 0 Å². The quantitative estimate of drug-likeness (QED) is 0.353. The van der Waals surface area contributed by atoms with Crippen LogP contribution in [-0.2, 0) is 17.1 Å². The number of allylic oxidation sites excluding steroid dienone is 2. The second-order valence-electron chi connectivity index (χ2n) is 1.59. The van der Waals surface area contributed by atoms with Gasteiger partial charge in [0, 0.05) is 17.1 Å². The molecule has 1 aliphatic carbocycles. The van der Waals surface area contributed by atoms with Gasteiger partial charge in [-0.05, 0) is 0 Å². The van der Waals surface area contributed by atoms with E-state index in [2.05, 4.69) is 18.6 Å². The largest absolute Gasteiger partial charge is 0.232 e. The van der Waals surface area contributed by atoms with Crippen molar-refractivity contribution in [1.82, 2.24) is 0 Å². The topological polar surface area (TPSA) is 0 Å². The number of hydrogen-bond donors (Lipinski definition) is 0. The summed E-state index contributed by atoms with van der Waals surface area (Å²) in [4.78, 5) is 0. The summed E-state index contributed by atoms with van der Waals surface area (Å²) in [5, 5.41) is 0. The monoisotopic (exact) mass is 137 g/mol. The summed E-state index contributed by atoms with van der Waals surface area (Å²) < 4.78 is 0. The van der Waals surface area contributed by atoms with Gasteiger partial charge < -0.3 is 0 Å². The summed E-state index contributed by atoms with van der Waals surface area (Å²) in [7, 11) is 0. The first-order valence-electron chi connectivity index (χ1n) is 2.48. The Kier molecular flexibility index (Phi) is 4.37. The molecule has 1 heteroatoms. The van der Waals surface area contributed by atoms with Gasteiger partial charge in [0.25, 0.3) is 0 Å². The minimum Gasteiger partial charge on any atom is -0.232 e. The Hall–Kier alpha value is 0.129.